The van der Waals surface area contributed by atoms with E-state index < -0.39 is 23.3 Å². The maximum atomic E-state index is 12.7. The number of aromatic hydroxyl groups is 2. The SMILES string of the molecule is O=C1c2c(c(O)c3nccnc3c2O)C(=O)N1Cc1ccc(Br)cc1. The molecule has 0 atom stereocenters. The van der Waals surface area contributed by atoms with Gasteiger partial charge in [0, 0.05) is 16.9 Å². The van der Waals surface area contributed by atoms with Crippen LogP contribution in [0, 0.1) is 0 Å². The van der Waals surface area contributed by atoms with E-state index in [0.29, 0.717) is 0 Å². The van der Waals surface area contributed by atoms with Crippen molar-refractivity contribution < 1.29 is 19.8 Å². The fourth-order valence-corrected chi connectivity index (χ4v) is 3.12. The number of aromatic nitrogens is 2. The highest BCUT2D eigenvalue weighted by molar-refractivity contribution is 9.10. The Kier molecular flexibility index (Phi) is 3.43. The Balaban J connectivity index is 1.84. The Bertz CT molecular complexity index is 989. The quantitative estimate of drug-likeness (QED) is 0.506. The Labute approximate surface area is 149 Å². The molecule has 4 rings (SSSR count). The van der Waals surface area contributed by atoms with Crippen LogP contribution >= 0.6 is 15.9 Å². The van der Waals surface area contributed by atoms with Crippen LogP contribution in [0.4, 0.5) is 0 Å². The van der Waals surface area contributed by atoms with Crippen molar-refractivity contribution >= 4 is 38.8 Å². The minimum Gasteiger partial charge on any atom is -0.505 e. The molecular formula is C17H10BrN3O4. The van der Waals surface area contributed by atoms with E-state index in [-0.39, 0.29) is 28.7 Å². The zero-order valence-electron chi connectivity index (χ0n) is 12.6. The number of imide groups is 1. The first-order valence-electron chi connectivity index (χ1n) is 7.28. The number of hydrogen-bond acceptors (Lipinski definition) is 6. The highest BCUT2D eigenvalue weighted by atomic mass is 79.9. The molecule has 1 aliphatic heterocycles. The monoisotopic (exact) mass is 399 g/mol. The van der Waals surface area contributed by atoms with Crippen molar-refractivity contribution in [2.24, 2.45) is 0 Å². The number of fused-ring (bicyclic) bond motifs is 2. The predicted molar refractivity (Wildman–Crippen MR) is 91.2 cm³/mol. The van der Waals surface area contributed by atoms with Crippen LogP contribution in [0.25, 0.3) is 11.0 Å². The average molecular weight is 400 g/mol. The largest absolute Gasteiger partial charge is 0.505 e. The smallest absolute Gasteiger partial charge is 0.265 e. The average Bonchev–Trinajstić information content (AvgIpc) is 2.86. The van der Waals surface area contributed by atoms with E-state index in [4.69, 9.17) is 0 Å². The van der Waals surface area contributed by atoms with Crippen LogP contribution in [0.2, 0.25) is 0 Å². The van der Waals surface area contributed by atoms with Crippen molar-refractivity contribution in [3.63, 3.8) is 0 Å². The topological polar surface area (TPSA) is 104 Å². The third-order valence-corrected chi connectivity index (χ3v) is 4.57. The van der Waals surface area contributed by atoms with Crippen LogP contribution in [-0.4, -0.2) is 36.9 Å². The minimum absolute atomic E-state index is 0.0228. The second kappa shape index (κ2) is 5.52. The van der Waals surface area contributed by atoms with Gasteiger partial charge in [0.05, 0.1) is 6.54 Å². The number of phenolic OH excluding ortho intramolecular Hbond substituents is 2. The lowest BCUT2D eigenvalue weighted by molar-refractivity contribution is 0.0641. The first-order chi connectivity index (χ1) is 12.0. The Morgan fingerprint density at radius 2 is 1.36 bits per heavy atom. The summed E-state index contributed by atoms with van der Waals surface area (Å²) in [6.07, 6.45) is 2.66. The molecule has 0 unspecified atom stereocenters. The van der Waals surface area contributed by atoms with Crippen molar-refractivity contribution in [2.45, 2.75) is 6.54 Å². The predicted octanol–water partition coefficient (Wildman–Crippen LogP) is 2.60. The second-order valence-electron chi connectivity index (χ2n) is 5.52. The third kappa shape index (κ3) is 2.25. The van der Waals surface area contributed by atoms with Crippen molar-refractivity contribution in [1.29, 1.82) is 0 Å². The van der Waals surface area contributed by atoms with Gasteiger partial charge in [-0.25, -0.2) is 9.97 Å². The van der Waals surface area contributed by atoms with E-state index in [1.807, 2.05) is 0 Å². The number of amides is 2. The number of phenols is 2. The van der Waals surface area contributed by atoms with Crippen molar-refractivity contribution in [3.8, 4) is 11.5 Å². The van der Waals surface area contributed by atoms with Gasteiger partial charge in [-0.3, -0.25) is 14.5 Å². The molecule has 0 saturated carbocycles. The van der Waals surface area contributed by atoms with Crippen molar-refractivity contribution in [3.05, 3.63) is 57.8 Å². The van der Waals surface area contributed by atoms with E-state index >= 15 is 0 Å². The number of hydrogen-bond donors (Lipinski definition) is 2. The van der Waals surface area contributed by atoms with Crippen molar-refractivity contribution in [1.82, 2.24) is 14.9 Å². The summed E-state index contributed by atoms with van der Waals surface area (Å²) in [5.41, 5.74) is 0.202. The number of rotatable bonds is 2. The van der Waals surface area contributed by atoms with Gasteiger partial charge in [0.1, 0.15) is 22.2 Å². The Morgan fingerprint density at radius 3 is 1.84 bits per heavy atom. The summed E-state index contributed by atoms with van der Waals surface area (Å²) in [5.74, 6) is -2.26. The molecule has 0 radical (unpaired) electrons. The number of benzene rings is 2. The molecule has 2 heterocycles. The summed E-state index contributed by atoms with van der Waals surface area (Å²) in [5, 5.41) is 20.8. The summed E-state index contributed by atoms with van der Waals surface area (Å²) in [6, 6.07) is 7.13. The molecule has 25 heavy (non-hydrogen) atoms. The van der Waals surface area contributed by atoms with E-state index in [1.54, 1.807) is 24.3 Å². The van der Waals surface area contributed by atoms with Gasteiger partial charge in [0.25, 0.3) is 11.8 Å². The lowest BCUT2D eigenvalue weighted by atomic mass is 10.1. The summed E-state index contributed by atoms with van der Waals surface area (Å²) in [7, 11) is 0. The van der Waals surface area contributed by atoms with Gasteiger partial charge in [0.2, 0.25) is 0 Å². The van der Waals surface area contributed by atoms with Crippen LogP contribution in [0.5, 0.6) is 11.5 Å². The normalized spacial score (nSPS) is 13.6. The molecule has 2 amide bonds. The highest BCUT2D eigenvalue weighted by Crippen LogP contribution is 2.42. The highest BCUT2D eigenvalue weighted by Gasteiger charge is 2.42. The Hall–Kier alpha value is -3.00. The molecule has 1 aromatic heterocycles. The number of carbonyl (C=O) groups is 2. The number of carbonyl (C=O) groups excluding carboxylic acids is 2. The standard InChI is InChI=1S/C17H10BrN3O4/c18-9-3-1-8(2-4-9)7-21-16(24)10-11(17(21)25)15(23)13-12(14(10)22)19-5-6-20-13/h1-6,22-23H,7H2. The van der Waals surface area contributed by atoms with Crippen LogP contribution < -0.4 is 0 Å². The van der Waals surface area contributed by atoms with Gasteiger partial charge in [-0.05, 0) is 17.7 Å². The van der Waals surface area contributed by atoms with Gasteiger partial charge in [-0.15, -0.1) is 0 Å². The first kappa shape index (κ1) is 15.5. The molecule has 1 aliphatic rings. The van der Waals surface area contributed by atoms with Crippen LogP contribution in [-0.2, 0) is 6.54 Å². The first-order valence-corrected chi connectivity index (χ1v) is 8.07. The van der Waals surface area contributed by atoms with Gasteiger partial charge in [-0.1, -0.05) is 28.1 Å². The number of halogens is 1. The minimum atomic E-state index is -0.678. The van der Waals surface area contributed by atoms with Gasteiger partial charge in [-0.2, -0.15) is 0 Å². The van der Waals surface area contributed by atoms with Crippen molar-refractivity contribution in [2.75, 3.05) is 0 Å². The van der Waals surface area contributed by atoms with Gasteiger partial charge < -0.3 is 10.2 Å². The fourth-order valence-electron chi connectivity index (χ4n) is 2.85. The van der Waals surface area contributed by atoms with E-state index in [1.165, 1.54) is 12.4 Å². The zero-order valence-corrected chi connectivity index (χ0v) is 14.2. The van der Waals surface area contributed by atoms with Gasteiger partial charge >= 0.3 is 0 Å². The van der Waals surface area contributed by atoms with E-state index in [2.05, 4.69) is 25.9 Å². The zero-order chi connectivity index (χ0) is 17.7. The van der Waals surface area contributed by atoms with E-state index in [9.17, 15) is 19.8 Å². The summed E-state index contributed by atoms with van der Waals surface area (Å²) in [6.45, 7) is 0.0235. The molecular weight excluding hydrogens is 390 g/mol. The second-order valence-corrected chi connectivity index (χ2v) is 6.44. The third-order valence-electron chi connectivity index (χ3n) is 4.04. The fraction of sp³-hybridized carbons (Fsp3) is 0.0588. The molecule has 0 saturated heterocycles. The number of nitrogens with zero attached hydrogens (tertiary/aromatic N) is 3. The van der Waals surface area contributed by atoms with Crippen LogP contribution in [0.15, 0.2) is 41.1 Å². The lowest BCUT2D eigenvalue weighted by Gasteiger charge is -2.13. The summed E-state index contributed by atoms with van der Waals surface area (Å²) >= 11 is 3.32. The molecule has 7 nitrogen and oxygen atoms in total. The molecule has 0 bridgehead atoms. The molecule has 8 heteroatoms. The van der Waals surface area contributed by atoms with E-state index in [0.717, 1.165) is 14.9 Å². The molecule has 3 aromatic rings. The van der Waals surface area contributed by atoms with Crippen LogP contribution in [0.1, 0.15) is 26.3 Å². The molecule has 0 aliphatic carbocycles. The molecule has 2 N–H and O–H groups in total. The molecule has 0 fully saturated rings. The van der Waals surface area contributed by atoms with Gasteiger partial charge in [0.15, 0.2) is 11.5 Å². The maximum Gasteiger partial charge on any atom is 0.265 e. The molecule has 2 aromatic carbocycles. The summed E-state index contributed by atoms with van der Waals surface area (Å²) < 4.78 is 0.872. The molecule has 0 spiro atoms. The van der Waals surface area contributed by atoms with Crippen LogP contribution in [0.3, 0.4) is 0 Å². The summed E-state index contributed by atoms with van der Waals surface area (Å²) in [4.78, 5) is 34.2. The Morgan fingerprint density at radius 1 is 0.880 bits per heavy atom. The molecule has 124 valence electrons. The maximum absolute atomic E-state index is 12.7. The lowest BCUT2D eigenvalue weighted by Crippen LogP contribution is -2.29.